The average Bonchev–Trinajstić information content (AvgIpc) is 2.23. The van der Waals surface area contributed by atoms with Crippen LogP contribution in [-0.4, -0.2) is 19.5 Å². The fourth-order valence-electron chi connectivity index (χ4n) is 1.68. The van der Waals surface area contributed by atoms with E-state index < -0.39 is 0 Å². The highest BCUT2D eigenvalue weighted by atomic mass is 16.7. The van der Waals surface area contributed by atoms with E-state index in [1.54, 1.807) is 0 Å². The summed E-state index contributed by atoms with van der Waals surface area (Å²) in [5.74, 6) is 0. The van der Waals surface area contributed by atoms with E-state index in [9.17, 15) is 0 Å². The summed E-state index contributed by atoms with van der Waals surface area (Å²) in [5, 5.41) is 0. The highest BCUT2D eigenvalue weighted by molar-refractivity contribution is 4.60. The molecule has 0 saturated heterocycles. The molecule has 1 unspecified atom stereocenters. The smallest absolute Gasteiger partial charge is 0.154 e. The highest BCUT2D eigenvalue weighted by Gasteiger charge is 2.09. The van der Waals surface area contributed by atoms with Gasteiger partial charge in [-0.2, -0.15) is 0 Å². The van der Waals surface area contributed by atoms with Gasteiger partial charge in [-0.1, -0.05) is 47.0 Å². The SMILES string of the molecule is CCCCCCOC(C)OCCCC(C)(C)C. The molecule has 0 saturated carbocycles. The van der Waals surface area contributed by atoms with Gasteiger partial charge in [-0.3, -0.25) is 0 Å². The normalized spacial score (nSPS) is 13.9. The summed E-state index contributed by atoms with van der Waals surface area (Å²) < 4.78 is 11.2. The van der Waals surface area contributed by atoms with Gasteiger partial charge in [0.1, 0.15) is 0 Å². The largest absolute Gasteiger partial charge is 0.353 e. The van der Waals surface area contributed by atoms with E-state index in [4.69, 9.17) is 9.47 Å². The molecule has 0 amide bonds. The molecule has 0 rings (SSSR count). The molecular formula is C15H32O2. The molecule has 0 aliphatic heterocycles. The van der Waals surface area contributed by atoms with Gasteiger partial charge in [0.2, 0.25) is 0 Å². The molecule has 0 N–H and O–H groups in total. The predicted octanol–water partition coefficient (Wildman–Crippen LogP) is 4.77. The van der Waals surface area contributed by atoms with Crippen LogP contribution in [0.3, 0.4) is 0 Å². The van der Waals surface area contributed by atoms with Crippen molar-refractivity contribution in [1.82, 2.24) is 0 Å². The lowest BCUT2D eigenvalue weighted by Crippen LogP contribution is -2.15. The summed E-state index contributed by atoms with van der Waals surface area (Å²) in [5.41, 5.74) is 0.410. The third-order valence-corrected chi connectivity index (χ3v) is 2.77. The Morgan fingerprint density at radius 2 is 1.47 bits per heavy atom. The molecule has 0 bridgehead atoms. The lowest BCUT2D eigenvalue weighted by Gasteiger charge is -2.19. The lowest BCUT2D eigenvalue weighted by atomic mass is 9.91. The van der Waals surface area contributed by atoms with Crippen molar-refractivity contribution in [2.24, 2.45) is 5.41 Å². The van der Waals surface area contributed by atoms with Crippen LogP contribution in [0.1, 0.15) is 73.1 Å². The van der Waals surface area contributed by atoms with Crippen molar-refractivity contribution in [3.8, 4) is 0 Å². The minimum Gasteiger partial charge on any atom is -0.353 e. The molecule has 0 spiro atoms. The van der Waals surface area contributed by atoms with Crippen molar-refractivity contribution in [2.75, 3.05) is 13.2 Å². The fourth-order valence-corrected chi connectivity index (χ4v) is 1.68. The molecule has 0 aliphatic carbocycles. The van der Waals surface area contributed by atoms with Gasteiger partial charge in [-0.05, 0) is 31.6 Å². The molecule has 0 aromatic rings. The number of ether oxygens (including phenoxy) is 2. The second-order valence-electron chi connectivity index (χ2n) is 6.03. The summed E-state index contributed by atoms with van der Waals surface area (Å²) >= 11 is 0. The Balaban J connectivity index is 3.26. The second-order valence-corrected chi connectivity index (χ2v) is 6.03. The maximum Gasteiger partial charge on any atom is 0.154 e. The number of rotatable bonds is 10. The fraction of sp³-hybridized carbons (Fsp3) is 1.00. The lowest BCUT2D eigenvalue weighted by molar-refractivity contribution is -0.132. The van der Waals surface area contributed by atoms with Crippen molar-refractivity contribution in [3.63, 3.8) is 0 Å². The summed E-state index contributed by atoms with van der Waals surface area (Å²) in [4.78, 5) is 0. The van der Waals surface area contributed by atoms with Gasteiger partial charge in [0.25, 0.3) is 0 Å². The Bertz CT molecular complexity index is 161. The molecular weight excluding hydrogens is 212 g/mol. The van der Waals surface area contributed by atoms with E-state index in [0.717, 1.165) is 26.1 Å². The Hall–Kier alpha value is -0.0800. The van der Waals surface area contributed by atoms with Gasteiger partial charge in [-0.15, -0.1) is 0 Å². The first-order valence-electron chi connectivity index (χ1n) is 7.19. The van der Waals surface area contributed by atoms with Gasteiger partial charge in [0.05, 0.1) is 0 Å². The van der Waals surface area contributed by atoms with Crippen LogP contribution in [0, 0.1) is 5.41 Å². The zero-order chi connectivity index (χ0) is 13.1. The molecule has 0 aromatic heterocycles. The molecule has 0 heterocycles. The minimum absolute atomic E-state index is 0.0448. The van der Waals surface area contributed by atoms with E-state index >= 15 is 0 Å². The van der Waals surface area contributed by atoms with Gasteiger partial charge in [-0.25, -0.2) is 0 Å². The van der Waals surface area contributed by atoms with E-state index in [0.29, 0.717) is 5.41 Å². The van der Waals surface area contributed by atoms with Gasteiger partial charge in [0.15, 0.2) is 6.29 Å². The van der Waals surface area contributed by atoms with E-state index in [1.807, 2.05) is 6.92 Å². The second kappa shape index (κ2) is 9.90. The van der Waals surface area contributed by atoms with E-state index in [-0.39, 0.29) is 6.29 Å². The Morgan fingerprint density at radius 1 is 0.882 bits per heavy atom. The third-order valence-electron chi connectivity index (χ3n) is 2.77. The molecule has 104 valence electrons. The zero-order valence-corrected chi connectivity index (χ0v) is 12.6. The maximum atomic E-state index is 5.62. The molecule has 0 aliphatic rings. The molecule has 2 nitrogen and oxygen atoms in total. The van der Waals surface area contributed by atoms with Crippen LogP contribution in [0.4, 0.5) is 0 Å². The van der Waals surface area contributed by atoms with Gasteiger partial charge in [0, 0.05) is 13.2 Å². The average molecular weight is 244 g/mol. The molecule has 0 fully saturated rings. The maximum absolute atomic E-state index is 5.62. The van der Waals surface area contributed by atoms with Crippen LogP contribution in [0.25, 0.3) is 0 Å². The third kappa shape index (κ3) is 13.9. The summed E-state index contributed by atoms with van der Waals surface area (Å²) in [6.45, 7) is 12.7. The van der Waals surface area contributed by atoms with Crippen molar-refractivity contribution in [1.29, 1.82) is 0 Å². The van der Waals surface area contributed by atoms with E-state index in [2.05, 4.69) is 27.7 Å². The van der Waals surface area contributed by atoms with Crippen LogP contribution < -0.4 is 0 Å². The summed E-state index contributed by atoms with van der Waals surface area (Å²) in [6, 6.07) is 0. The first-order chi connectivity index (χ1) is 7.95. The number of unbranched alkanes of at least 4 members (excludes halogenated alkanes) is 3. The van der Waals surface area contributed by atoms with E-state index in [1.165, 1.54) is 25.7 Å². The van der Waals surface area contributed by atoms with Crippen LogP contribution in [0.2, 0.25) is 0 Å². The molecule has 0 aromatic carbocycles. The van der Waals surface area contributed by atoms with Crippen LogP contribution >= 0.6 is 0 Å². The zero-order valence-electron chi connectivity index (χ0n) is 12.6. The summed E-state index contributed by atoms with van der Waals surface area (Å²) in [7, 11) is 0. The standard InChI is InChI=1S/C15H32O2/c1-6-7-8-9-12-16-14(2)17-13-10-11-15(3,4)5/h14H,6-13H2,1-5H3. The topological polar surface area (TPSA) is 18.5 Å². The van der Waals surface area contributed by atoms with Gasteiger partial charge >= 0.3 is 0 Å². The Labute approximate surface area is 108 Å². The first-order valence-corrected chi connectivity index (χ1v) is 7.19. The highest BCUT2D eigenvalue weighted by Crippen LogP contribution is 2.20. The number of hydrogen-bond donors (Lipinski definition) is 0. The monoisotopic (exact) mass is 244 g/mol. The molecule has 1 atom stereocenters. The van der Waals surface area contributed by atoms with Crippen molar-refractivity contribution < 1.29 is 9.47 Å². The molecule has 2 heteroatoms. The summed E-state index contributed by atoms with van der Waals surface area (Å²) in [6.07, 6.45) is 7.29. The van der Waals surface area contributed by atoms with Crippen LogP contribution in [-0.2, 0) is 9.47 Å². The van der Waals surface area contributed by atoms with Crippen LogP contribution in [0.15, 0.2) is 0 Å². The first kappa shape index (κ1) is 16.9. The van der Waals surface area contributed by atoms with Gasteiger partial charge < -0.3 is 9.47 Å². The van der Waals surface area contributed by atoms with Crippen molar-refractivity contribution >= 4 is 0 Å². The Morgan fingerprint density at radius 3 is 2.00 bits per heavy atom. The molecule has 0 radical (unpaired) electrons. The predicted molar refractivity (Wildman–Crippen MR) is 74.2 cm³/mol. The van der Waals surface area contributed by atoms with Crippen molar-refractivity contribution in [2.45, 2.75) is 79.4 Å². The number of hydrogen-bond acceptors (Lipinski definition) is 2. The van der Waals surface area contributed by atoms with Crippen molar-refractivity contribution in [3.05, 3.63) is 0 Å². The molecule has 17 heavy (non-hydrogen) atoms. The van der Waals surface area contributed by atoms with Crippen LogP contribution in [0.5, 0.6) is 0 Å². The minimum atomic E-state index is -0.0448. The quantitative estimate of drug-likeness (QED) is 0.407. The Kier molecular flexibility index (Phi) is 9.85.